The molecule has 15 heavy (non-hydrogen) atoms. The molecule has 0 bridgehead atoms. The number of hydrogen-bond donors (Lipinski definition) is 1. The largest absolute Gasteiger partial charge is 0.336 e. The Hall–Kier alpha value is -1.90. The topological polar surface area (TPSA) is 45.8 Å². The number of nitrogens with one attached hydrogen (secondary N) is 1. The molecule has 0 unspecified atom stereocenters. The van der Waals surface area contributed by atoms with Gasteiger partial charge in [0.15, 0.2) is 6.29 Å². The van der Waals surface area contributed by atoms with Crippen molar-refractivity contribution in [3.8, 4) is 11.4 Å². The average Bonchev–Trinajstić information content (AvgIpc) is 2.78. The smallest absolute Gasteiger partial charge is 0.167 e. The van der Waals surface area contributed by atoms with Crippen molar-refractivity contribution in [2.75, 3.05) is 0 Å². The molecule has 0 aliphatic carbocycles. The highest BCUT2D eigenvalue weighted by Crippen LogP contribution is 2.16. The molecule has 1 aromatic heterocycles. The summed E-state index contributed by atoms with van der Waals surface area (Å²) in [5.74, 6) is 0.736. The zero-order valence-electron chi connectivity index (χ0n) is 8.53. The number of aromatic nitrogens is 2. The number of carbonyl (C=O) groups excluding carboxylic acids is 1. The third kappa shape index (κ3) is 1.96. The van der Waals surface area contributed by atoms with Crippen molar-refractivity contribution in [2.24, 2.45) is 0 Å². The van der Waals surface area contributed by atoms with Gasteiger partial charge in [-0.1, -0.05) is 31.2 Å². The number of imidazole rings is 1. The van der Waals surface area contributed by atoms with Crippen LogP contribution in [0.1, 0.15) is 23.0 Å². The third-order valence-corrected chi connectivity index (χ3v) is 2.36. The lowest BCUT2D eigenvalue weighted by Gasteiger charge is -1.98. The monoisotopic (exact) mass is 200 g/mol. The molecule has 0 aliphatic rings. The highest BCUT2D eigenvalue weighted by atomic mass is 16.1. The number of nitrogens with zero attached hydrogens (tertiary/aromatic N) is 1. The molecule has 76 valence electrons. The first-order chi connectivity index (χ1) is 7.33. The predicted octanol–water partition coefficient (Wildman–Crippen LogP) is 2.45. The van der Waals surface area contributed by atoms with E-state index in [4.69, 9.17) is 0 Å². The molecule has 2 rings (SSSR count). The van der Waals surface area contributed by atoms with Gasteiger partial charge in [0, 0.05) is 5.56 Å². The molecule has 2 aromatic rings. The van der Waals surface area contributed by atoms with E-state index >= 15 is 0 Å². The van der Waals surface area contributed by atoms with Crippen LogP contribution in [0.3, 0.4) is 0 Å². The summed E-state index contributed by atoms with van der Waals surface area (Å²) in [5.41, 5.74) is 2.80. The molecular formula is C12H12N2O. The summed E-state index contributed by atoms with van der Waals surface area (Å²) in [7, 11) is 0. The maximum atomic E-state index is 10.5. The minimum Gasteiger partial charge on any atom is -0.336 e. The maximum Gasteiger partial charge on any atom is 0.167 e. The standard InChI is InChI=1S/C12H12N2O/c1-2-9-3-5-10(6-4-9)12-13-7-11(8-15)14-12/h3-8H,2H2,1H3,(H,13,14). The lowest BCUT2D eigenvalue weighted by atomic mass is 10.1. The van der Waals surface area contributed by atoms with Gasteiger partial charge in [0.2, 0.25) is 0 Å². The number of hydrogen-bond acceptors (Lipinski definition) is 2. The first kappa shape index (κ1) is 9.65. The Morgan fingerprint density at radius 2 is 2.07 bits per heavy atom. The normalized spacial score (nSPS) is 10.2. The molecule has 1 N–H and O–H groups in total. The SMILES string of the molecule is CCc1ccc(-c2ncc(C=O)[nH]2)cc1. The number of carbonyl (C=O) groups is 1. The summed E-state index contributed by atoms with van der Waals surface area (Å²) in [6.07, 6.45) is 3.32. The Morgan fingerprint density at radius 1 is 1.33 bits per heavy atom. The fraction of sp³-hybridized carbons (Fsp3) is 0.167. The molecule has 0 amide bonds. The molecule has 0 atom stereocenters. The van der Waals surface area contributed by atoms with Gasteiger partial charge in [-0.05, 0) is 12.0 Å². The second-order valence-corrected chi connectivity index (χ2v) is 3.36. The Bertz CT molecular complexity index is 457. The van der Waals surface area contributed by atoms with Crippen LogP contribution in [0, 0.1) is 0 Å². The van der Waals surface area contributed by atoms with Crippen LogP contribution >= 0.6 is 0 Å². The van der Waals surface area contributed by atoms with Crippen molar-refractivity contribution >= 4 is 6.29 Å². The molecule has 0 aliphatic heterocycles. The van der Waals surface area contributed by atoms with Crippen LogP contribution in [0.2, 0.25) is 0 Å². The lowest BCUT2D eigenvalue weighted by molar-refractivity contribution is 0.111. The number of H-pyrrole nitrogens is 1. The van der Waals surface area contributed by atoms with E-state index in [0.717, 1.165) is 24.1 Å². The summed E-state index contributed by atoms with van der Waals surface area (Å²) in [5, 5.41) is 0. The van der Waals surface area contributed by atoms with Gasteiger partial charge in [0.1, 0.15) is 5.82 Å². The predicted molar refractivity (Wildman–Crippen MR) is 58.8 cm³/mol. The summed E-state index contributed by atoms with van der Waals surface area (Å²) in [6, 6.07) is 8.15. The average molecular weight is 200 g/mol. The second-order valence-electron chi connectivity index (χ2n) is 3.36. The van der Waals surface area contributed by atoms with Gasteiger partial charge in [-0.25, -0.2) is 4.98 Å². The molecule has 0 radical (unpaired) electrons. The summed E-state index contributed by atoms with van der Waals surface area (Å²) < 4.78 is 0. The summed E-state index contributed by atoms with van der Waals surface area (Å²) >= 11 is 0. The van der Waals surface area contributed by atoms with Gasteiger partial charge in [-0.2, -0.15) is 0 Å². The van der Waals surface area contributed by atoms with Crippen molar-refractivity contribution < 1.29 is 4.79 Å². The number of aldehydes is 1. The minimum atomic E-state index is 0.504. The first-order valence-corrected chi connectivity index (χ1v) is 4.93. The third-order valence-electron chi connectivity index (χ3n) is 2.36. The Kier molecular flexibility index (Phi) is 2.63. The van der Waals surface area contributed by atoms with Gasteiger partial charge < -0.3 is 4.98 Å². The first-order valence-electron chi connectivity index (χ1n) is 4.93. The van der Waals surface area contributed by atoms with Crippen LogP contribution in [-0.4, -0.2) is 16.3 Å². The van der Waals surface area contributed by atoms with Crippen molar-refractivity contribution in [3.63, 3.8) is 0 Å². The van der Waals surface area contributed by atoms with E-state index in [0.29, 0.717) is 5.69 Å². The maximum absolute atomic E-state index is 10.5. The van der Waals surface area contributed by atoms with Crippen molar-refractivity contribution in [2.45, 2.75) is 13.3 Å². The molecule has 0 spiro atoms. The number of benzene rings is 1. The van der Waals surface area contributed by atoms with Crippen LogP contribution in [0.4, 0.5) is 0 Å². The Labute approximate surface area is 88.2 Å². The molecule has 0 fully saturated rings. The van der Waals surface area contributed by atoms with Crippen LogP contribution in [0.15, 0.2) is 30.5 Å². The molecular weight excluding hydrogens is 188 g/mol. The Balaban J connectivity index is 2.32. The molecule has 3 nitrogen and oxygen atoms in total. The second kappa shape index (κ2) is 4.09. The van der Waals surface area contributed by atoms with E-state index < -0.39 is 0 Å². The zero-order valence-corrected chi connectivity index (χ0v) is 8.53. The van der Waals surface area contributed by atoms with Gasteiger partial charge in [-0.15, -0.1) is 0 Å². The Morgan fingerprint density at radius 3 is 2.60 bits per heavy atom. The van der Waals surface area contributed by atoms with E-state index in [-0.39, 0.29) is 0 Å². The van der Waals surface area contributed by atoms with Gasteiger partial charge in [-0.3, -0.25) is 4.79 Å². The molecule has 3 heteroatoms. The minimum absolute atomic E-state index is 0.504. The van der Waals surface area contributed by atoms with E-state index in [1.807, 2.05) is 12.1 Å². The molecule has 1 aromatic carbocycles. The van der Waals surface area contributed by atoms with Gasteiger partial charge in [0.05, 0.1) is 11.9 Å². The highest BCUT2D eigenvalue weighted by molar-refractivity contribution is 5.73. The summed E-state index contributed by atoms with van der Waals surface area (Å²) in [4.78, 5) is 17.5. The number of aryl methyl sites for hydroxylation is 1. The fourth-order valence-corrected chi connectivity index (χ4v) is 1.44. The molecule has 0 saturated carbocycles. The van der Waals surface area contributed by atoms with Gasteiger partial charge in [0.25, 0.3) is 0 Å². The van der Waals surface area contributed by atoms with Crippen LogP contribution in [-0.2, 0) is 6.42 Å². The number of rotatable bonds is 3. The van der Waals surface area contributed by atoms with E-state index in [9.17, 15) is 4.79 Å². The molecule has 1 heterocycles. The number of aromatic amines is 1. The van der Waals surface area contributed by atoms with E-state index in [1.54, 1.807) is 0 Å². The van der Waals surface area contributed by atoms with E-state index in [1.165, 1.54) is 11.8 Å². The van der Waals surface area contributed by atoms with Crippen LogP contribution in [0.5, 0.6) is 0 Å². The quantitative estimate of drug-likeness (QED) is 0.773. The zero-order chi connectivity index (χ0) is 10.7. The summed E-state index contributed by atoms with van der Waals surface area (Å²) in [6.45, 7) is 2.12. The highest BCUT2D eigenvalue weighted by Gasteiger charge is 2.02. The van der Waals surface area contributed by atoms with Gasteiger partial charge >= 0.3 is 0 Å². The molecule has 0 saturated heterocycles. The fourth-order valence-electron chi connectivity index (χ4n) is 1.44. The van der Waals surface area contributed by atoms with E-state index in [2.05, 4.69) is 29.0 Å². The van der Waals surface area contributed by atoms with Crippen molar-refractivity contribution in [1.29, 1.82) is 0 Å². The van der Waals surface area contributed by atoms with Crippen molar-refractivity contribution in [1.82, 2.24) is 9.97 Å². The van der Waals surface area contributed by atoms with Crippen LogP contribution in [0.25, 0.3) is 11.4 Å². The lowest BCUT2D eigenvalue weighted by Crippen LogP contribution is -1.84. The van der Waals surface area contributed by atoms with Crippen molar-refractivity contribution in [3.05, 3.63) is 41.7 Å². The van der Waals surface area contributed by atoms with Crippen LogP contribution < -0.4 is 0 Å².